The lowest BCUT2D eigenvalue weighted by atomic mass is 9.94. The van der Waals surface area contributed by atoms with E-state index in [0.717, 1.165) is 5.76 Å². The second-order valence-corrected chi connectivity index (χ2v) is 4.62. The van der Waals surface area contributed by atoms with Crippen LogP contribution in [0.15, 0.2) is 16.7 Å². The maximum atomic E-state index is 5.32. The van der Waals surface area contributed by atoms with E-state index in [9.17, 15) is 0 Å². The van der Waals surface area contributed by atoms with E-state index in [1.165, 1.54) is 3.57 Å². The Kier molecular flexibility index (Phi) is 2.08. The highest BCUT2D eigenvalue weighted by molar-refractivity contribution is 14.1. The quantitative estimate of drug-likeness (QED) is 0.644. The van der Waals surface area contributed by atoms with Crippen LogP contribution in [0.5, 0.6) is 0 Å². The molecule has 0 bridgehead atoms. The van der Waals surface area contributed by atoms with Crippen LogP contribution in [0.1, 0.15) is 26.5 Å². The second kappa shape index (κ2) is 2.57. The second-order valence-electron chi connectivity index (χ2n) is 3.38. The van der Waals surface area contributed by atoms with E-state index in [2.05, 4.69) is 49.4 Å². The first-order chi connectivity index (χ1) is 4.50. The normalized spacial score (nSPS) is 12.0. The number of furan rings is 1. The topological polar surface area (TPSA) is 13.1 Å². The standard InChI is InChI=1S/C8H11IO/c1-8(2,3)7-4-6(9)5-10-7/h4-5H,1-3H3. The minimum absolute atomic E-state index is 0.142. The van der Waals surface area contributed by atoms with E-state index in [4.69, 9.17) is 4.42 Å². The molecule has 1 nitrogen and oxygen atoms in total. The highest BCUT2D eigenvalue weighted by Crippen LogP contribution is 2.24. The molecule has 0 aromatic carbocycles. The van der Waals surface area contributed by atoms with Crippen molar-refractivity contribution in [2.24, 2.45) is 0 Å². The molecule has 0 saturated carbocycles. The molecule has 0 aliphatic carbocycles. The van der Waals surface area contributed by atoms with Gasteiger partial charge in [-0.1, -0.05) is 20.8 Å². The Morgan fingerprint density at radius 3 is 2.20 bits per heavy atom. The molecule has 0 unspecified atom stereocenters. The smallest absolute Gasteiger partial charge is 0.110 e. The van der Waals surface area contributed by atoms with Crippen LogP contribution in [0.3, 0.4) is 0 Å². The largest absolute Gasteiger partial charge is 0.468 e. The molecule has 0 spiro atoms. The van der Waals surface area contributed by atoms with Crippen LogP contribution < -0.4 is 0 Å². The van der Waals surface area contributed by atoms with Crippen molar-refractivity contribution in [3.8, 4) is 0 Å². The molecule has 0 amide bonds. The van der Waals surface area contributed by atoms with Crippen molar-refractivity contribution >= 4 is 22.6 Å². The SMILES string of the molecule is CC(C)(C)c1cc(I)co1. The monoisotopic (exact) mass is 250 g/mol. The molecule has 0 N–H and O–H groups in total. The highest BCUT2D eigenvalue weighted by Gasteiger charge is 2.17. The summed E-state index contributed by atoms with van der Waals surface area (Å²) in [5.41, 5.74) is 0.142. The molecule has 1 aromatic rings. The molecule has 0 atom stereocenters. The van der Waals surface area contributed by atoms with Gasteiger partial charge in [-0.2, -0.15) is 0 Å². The van der Waals surface area contributed by atoms with E-state index in [1.807, 2.05) is 0 Å². The van der Waals surface area contributed by atoms with Crippen LogP contribution in [0, 0.1) is 3.57 Å². The summed E-state index contributed by atoms with van der Waals surface area (Å²) in [6.45, 7) is 6.42. The van der Waals surface area contributed by atoms with Crippen molar-refractivity contribution in [2.45, 2.75) is 26.2 Å². The molecule has 2 heteroatoms. The maximum Gasteiger partial charge on any atom is 0.110 e. The van der Waals surface area contributed by atoms with Crippen molar-refractivity contribution in [2.75, 3.05) is 0 Å². The van der Waals surface area contributed by atoms with Crippen LogP contribution in [0.2, 0.25) is 0 Å². The van der Waals surface area contributed by atoms with Gasteiger partial charge < -0.3 is 4.42 Å². The van der Waals surface area contributed by atoms with Crippen LogP contribution in [-0.2, 0) is 5.41 Å². The van der Waals surface area contributed by atoms with Gasteiger partial charge in [0.1, 0.15) is 12.0 Å². The molecule has 1 heterocycles. The minimum atomic E-state index is 0.142. The Labute approximate surface area is 74.9 Å². The third-order valence-electron chi connectivity index (χ3n) is 1.31. The third-order valence-corrected chi connectivity index (χ3v) is 1.87. The van der Waals surface area contributed by atoms with Crippen molar-refractivity contribution < 1.29 is 4.42 Å². The fraction of sp³-hybridized carbons (Fsp3) is 0.500. The summed E-state index contributed by atoms with van der Waals surface area (Å²) in [7, 11) is 0. The summed E-state index contributed by atoms with van der Waals surface area (Å²) >= 11 is 2.25. The predicted molar refractivity (Wildman–Crippen MR) is 50.1 cm³/mol. The van der Waals surface area contributed by atoms with Crippen LogP contribution in [0.4, 0.5) is 0 Å². The molecule has 1 rings (SSSR count). The Balaban J connectivity index is 2.96. The van der Waals surface area contributed by atoms with E-state index >= 15 is 0 Å². The number of hydrogen-bond acceptors (Lipinski definition) is 1. The zero-order valence-electron chi connectivity index (χ0n) is 6.44. The van der Waals surface area contributed by atoms with Gasteiger partial charge in [0, 0.05) is 5.41 Å². The Bertz CT molecular complexity index is 219. The van der Waals surface area contributed by atoms with E-state index in [1.54, 1.807) is 6.26 Å². The molecule has 56 valence electrons. The van der Waals surface area contributed by atoms with E-state index in [0.29, 0.717) is 0 Å². The Morgan fingerprint density at radius 2 is 2.00 bits per heavy atom. The van der Waals surface area contributed by atoms with E-state index in [-0.39, 0.29) is 5.41 Å². The fourth-order valence-corrected chi connectivity index (χ4v) is 1.12. The van der Waals surface area contributed by atoms with Crippen molar-refractivity contribution in [3.05, 3.63) is 21.7 Å². The van der Waals surface area contributed by atoms with Crippen molar-refractivity contribution in [1.82, 2.24) is 0 Å². The Morgan fingerprint density at radius 1 is 1.40 bits per heavy atom. The average Bonchev–Trinajstić information content (AvgIpc) is 2.11. The molecular formula is C8H11IO. The Hall–Kier alpha value is 0.01000. The maximum absolute atomic E-state index is 5.32. The summed E-state index contributed by atoms with van der Waals surface area (Å²) in [4.78, 5) is 0. The lowest BCUT2D eigenvalue weighted by Crippen LogP contribution is -2.08. The third kappa shape index (κ3) is 1.75. The van der Waals surface area contributed by atoms with Gasteiger partial charge in [-0.25, -0.2) is 0 Å². The molecule has 0 radical (unpaired) electrons. The van der Waals surface area contributed by atoms with Gasteiger partial charge >= 0.3 is 0 Å². The number of hydrogen-bond donors (Lipinski definition) is 0. The first-order valence-electron chi connectivity index (χ1n) is 3.24. The van der Waals surface area contributed by atoms with Crippen LogP contribution >= 0.6 is 22.6 Å². The molecule has 0 fully saturated rings. The lowest BCUT2D eigenvalue weighted by Gasteiger charge is -2.13. The summed E-state index contributed by atoms with van der Waals surface area (Å²) in [5.74, 6) is 1.05. The van der Waals surface area contributed by atoms with Crippen molar-refractivity contribution in [1.29, 1.82) is 0 Å². The predicted octanol–water partition coefficient (Wildman–Crippen LogP) is 3.18. The van der Waals surface area contributed by atoms with Gasteiger partial charge in [0.05, 0.1) is 3.57 Å². The molecule has 1 aromatic heterocycles. The lowest BCUT2D eigenvalue weighted by molar-refractivity contribution is 0.409. The minimum Gasteiger partial charge on any atom is -0.468 e. The zero-order chi connectivity index (χ0) is 7.78. The summed E-state index contributed by atoms with van der Waals surface area (Å²) < 4.78 is 6.49. The van der Waals surface area contributed by atoms with Crippen LogP contribution in [0.25, 0.3) is 0 Å². The summed E-state index contributed by atoms with van der Waals surface area (Å²) in [6.07, 6.45) is 1.78. The van der Waals surface area contributed by atoms with Gasteiger partial charge in [-0.15, -0.1) is 0 Å². The van der Waals surface area contributed by atoms with Gasteiger partial charge in [0.2, 0.25) is 0 Å². The zero-order valence-corrected chi connectivity index (χ0v) is 8.60. The molecule has 10 heavy (non-hydrogen) atoms. The van der Waals surface area contributed by atoms with E-state index < -0.39 is 0 Å². The molecule has 0 aliphatic rings. The summed E-state index contributed by atoms with van der Waals surface area (Å²) in [6, 6.07) is 2.07. The molecule has 0 aliphatic heterocycles. The number of rotatable bonds is 0. The fourth-order valence-electron chi connectivity index (χ4n) is 0.706. The van der Waals surface area contributed by atoms with Crippen molar-refractivity contribution in [3.63, 3.8) is 0 Å². The summed E-state index contributed by atoms with van der Waals surface area (Å²) in [5, 5.41) is 0. The van der Waals surface area contributed by atoms with Gasteiger partial charge in [-0.05, 0) is 28.7 Å². The van der Waals surface area contributed by atoms with Gasteiger partial charge in [0.25, 0.3) is 0 Å². The number of halogens is 1. The highest BCUT2D eigenvalue weighted by atomic mass is 127. The average molecular weight is 250 g/mol. The molecule has 0 saturated heterocycles. The van der Waals surface area contributed by atoms with Gasteiger partial charge in [0.15, 0.2) is 0 Å². The van der Waals surface area contributed by atoms with Gasteiger partial charge in [-0.3, -0.25) is 0 Å². The van der Waals surface area contributed by atoms with Crippen LogP contribution in [-0.4, -0.2) is 0 Å². The first kappa shape index (κ1) is 8.11. The first-order valence-corrected chi connectivity index (χ1v) is 4.32. The molecular weight excluding hydrogens is 239 g/mol.